The number of methoxy groups -OCH3 is 1. The van der Waals surface area contributed by atoms with Crippen LogP contribution in [0.15, 0.2) is 18.2 Å². The third-order valence-electron chi connectivity index (χ3n) is 1.99. The average molecular weight is 192 g/mol. The molecule has 0 unspecified atom stereocenters. The van der Waals surface area contributed by atoms with Crippen molar-refractivity contribution in [1.82, 2.24) is 9.97 Å². The zero-order valence-corrected chi connectivity index (χ0v) is 7.56. The Balaban J connectivity index is 2.66. The van der Waals surface area contributed by atoms with Crippen molar-refractivity contribution in [1.29, 1.82) is 0 Å². The van der Waals surface area contributed by atoms with E-state index in [-0.39, 0.29) is 0 Å². The fourth-order valence-corrected chi connectivity index (χ4v) is 1.34. The Labute approximate surface area is 80.5 Å². The van der Waals surface area contributed by atoms with E-state index in [0.29, 0.717) is 22.5 Å². The van der Waals surface area contributed by atoms with Crippen LogP contribution >= 0.6 is 0 Å². The summed E-state index contributed by atoms with van der Waals surface area (Å²) in [4.78, 5) is 6.94. The third-order valence-corrected chi connectivity index (χ3v) is 1.99. The van der Waals surface area contributed by atoms with Gasteiger partial charge >= 0.3 is 7.12 Å². The molecule has 0 saturated heterocycles. The van der Waals surface area contributed by atoms with E-state index in [1.165, 1.54) is 7.11 Å². The Morgan fingerprint density at radius 1 is 1.43 bits per heavy atom. The van der Waals surface area contributed by atoms with Crippen molar-refractivity contribution in [2.45, 2.75) is 0 Å². The molecule has 3 N–H and O–H groups in total. The molecule has 0 spiro atoms. The Morgan fingerprint density at radius 2 is 2.21 bits per heavy atom. The molecule has 0 saturated carbocycles. The standard InChI is InChI=1S/C8H9BN2O3/c1-14-8-10-6-4-2-3-5(9(12)13)7(6)11-8/h2-4,12-13H,1H3,(H,10,11). The predicted octanol–water partition coefficient (Wildman–Crippen LogP) is -0.749. The lowest BCUT2D eigenvalue weighted by molar-refractivity contribution is 0.386. The fourth-order valence-electron chi connectivity index (χ4n) is 1.34. The van der Waals surface area contributed by atoms with Gasteiger partial charge in [-0.15, -0.1) is 0 Å². The molecule has 0 fully saturated rings. The lowest BCUT2D eigenvalue weighted by Gasteiger charge is -1.98. The normalized spacial score (nSPS) is 10.5. The van der Waals surface area contributed by atoms with Crippen LogP contribution in [0.1, 0.15) is 0 Å². The molecule has 6 heteroatoms. The van der Waals surface area contributed by atoms with Gasteiger partial charge in [-0.1, -0.05) is 12.1 Å². The number of imidazole rings is 1. The lowest BCUT2D eigenvalue weighted by Crippen LogP contribution is -2.30. The van der Waals surface area contributed by atoms with E-state index in [1.807, 2.05) is 0 Å². The summed E-state index contributed by atoms with van der Waals surface area (Å²) in [6.45, 7) is 0. The molecule has 0 aliphatic rings. The van der Waals surface area contributed by atoms with Gasteiger partial charge in [-0.05, 0) is 6.07 Å². The first kappa shape index (κ1) is 9.05. The molecule has 1 heterocycles. The number of aromatic amines is 1. The molecule has 2 aromatic rings. The molecule has 0 atom stereocenters. The molecule has 0 amide bonds. The van der Waals surface area contributed by atoms with E-state index in [4.69, 9.17) is 14.8 Å². The highest BCUT2D eigenvalue weighted by Crippen LogP contribution is 2.13. The second-order valence-corrected chi connectivity index (χ2v) is 2.86. The SMILES string of the molecule is COc1nc2c(B(O)O)cccc2[nH]1. The topological polar surface area (TPSA) is 78.4 Å². The van der Waals surface area contributed by atoms with E-state index in [0.717, 1.165) is 0 Å². The number of aromatic nitrogens is 2. The molecular formula is C8H9BN2O3. The number of nitrogens with zero attached hydrogens (tertiary/aromatic N) is 1. The van der Waals surface area contributed by atoms with Gasteiger partial charge in [0, 0.05) is 5.46 Å². The lowest BCUT2D eigenvalue weighted by atomic mass is 9.79. The van der Waals surface area contributed by atoms with E-state index in [9.17, 15) is 0 Å². The monoisotopic (exact) mass is 192 g/mol. The number of fused-ring (bicyclic) bond motifs is 1. The number of benzene rings is 1. The minimum Gasteiger partial charge on any atom is -0.468 e. The van der Waals surface area contributed by atoms with E-state index in [2.05, 4.69) is 9.97 Å². The van der Waals surface area contributed by atoms with Crippen LogP contribution < -0.4 is 10.2 Å². The Kier molecular flexibility index (Phi) is 2.15. The first-order chi connectivity index (χ1) is 6.72. The van der Waals surface area contributed by atoms with Crippen molar-refractivity contribution in [3.63, 3.8) is 0 Å². The maximum atomic E-state index is 9.06. The Hall–Kier alpha value is -1.53. The summed E-state index contributed by atoms with van der Waals surface area (Å²) in [6, 6.07) is 5.46. The van der Waals surface area contributed by atoms with Crippen LogP contribution in [0, 0.1) is 0 Å². The number of para-hydroxylation sites is 1. The summed E-state index contributed by atoms with van der Waals surface area (Å²) in [5.41, 5.74) is 1.59. The summed E-state index contributed by atoms with van der Waals surface area (Å²) in [7, 11) is -0.0288. The molecule has 0 aliphatic heterocycles. The van der Waals surface area contributed by atoms with Crippen LogP contribution in [-0.2, 0) is 0 Å². The van der Waals surface area contributed by atoms with Crippen LogP contribution in [0.5, 0.6) is 6.01 Å². The summed E-state index contributed by atoms with van der Waals surface area (Å²) in [5.74, 6) is 0. The van der Waals surface area contributed by atoms with Crippen LogP contribution in [-0.4, -0.2) is 34.2 Å². The van der Waals surface area contributed by atoms with Crippen molar-refractivity contribution in [3.8, 4) is 6.01 Å². The van der Waals surface area contributed by atoms with E-state index >= 15 is 0 Å². The molecule has 1 aromatic carbocycles. The number of H-pyrrole nitrogens is 1. The number of rotatable bonds is 2. The summed E-state index contributed by atoms with van der Waals surface area (Å²) >= 11 is 0. The van der Waals surface area contributed by atoms with Crippen LogP contribution in [0.3, 0.4) is 0 Å². The summed E-state index contributed by atoms with van der Waals surface area (Å²) in [5, 5.41) is 18.1. The molecule has 0 radical (unpaired) electrons. The van der Waals surface area contributed by atoms with Gasteiger partial charge in [-0.3, -0.25) is 0 Å². The third kappa shape index (κ3) is 1.34. The summed E-state index contributed by atoms with van der Waals surface area (Å²) < 4.78 is 4.90. The smallest absolute Gasteiger partial charge is 0.468 e. The van der Waals surface area contributed by atoms with Crippen LogP contribution in [0.25, 0.3) is 11.0 Å². The quantitative estimate of drug-likeness (QED) is 0.547. The van der Waals surface area contributed by atoms with Gasteiger partial charge in [0.15, 0.2) is 0 Å². The molecule has 72 valence electrons. The largest absolute Gasteiger partial charge is 0.490 e. The molecule has 0 bridgehead atoms. The fraction of sp³-hybridized carbons (Fsp3) is 0.125. The van der Waals surface area contributed by atoms with Crippen molar-refractivity contribution >= 4 is 23.6 Å². The van der Waals surface area contributed by atoms with Crippen LogP contribution in [0.2, 0.25) is 0 Å². The second kappa shape index (κ2) is 3.32. The van der Waals surface area contributed by atoms with E-state index in [1.54, 1.807) is 18.2 Å². The maximum absolute atomic E-state index is 9.06. The van der Waals surface area contributed by atoms with Gasteiger partial charge < -0.3 is 19.8 Å². The predicted molar refractivity (Wildman–Crippen MR) is 52.5 cm³/mol. The van der Waals surface area contributed by atoms with Crippen molar-refractivity contribution < 1.29 is 14.8 Å². The van der Waals surface area contributed by atoms with Crippen molar-refractivity contribution in [3.05, 3.63) is 18.2 Å². The maximum Gasteiger partial charge on any atom is 0.490 e. The van der Waals surface area contributed by atoms with Crippen molar-refractivity contribution in [2.75, 3.05) is 7.11 Å². The van der Waals surface area contributed by atoms with Gasteiger partial charge in [0.05, 0.1) is 18.1 Å². The highest BCUT2D eigenvalue weighted by atomic mass is 16.5. The number of ether oxygens (including phenoxy) is 1. The molecule has 1 aromatic heterocycles. The Morgan fingerprint density at radius 3 is 2.86 bits per heavy atom. The first-order valence-corrected chi connectivity index (χ1v) is 4.11. The zero-order chi connectivity index (χ0) is 10.1. The minimum atomic E-state index is -1.52. The van der Waals surface area contributed by atoms with Crippen LogP contribution in [0.4, 0.5) is 0 Å². The van der Waals surface area contributed by atoms with Gasteiger partial charge in [-0.25, -0.2) is 0 Å². The zero-order valence-electron chi connectivity index (χ0n) is 7.56. The number of hydrogen-bond acceptors (Lipinski definition) is 4. The van der Waals surface area contributed by atoms with E-state index < -0.39 is 7.12 Å². The molecule has 14 heavy (non-hydrogen) atoms. The first-order valence-electron chi connectivity index (χ1n) is 4.11. The van der Waals surface area contributed by atoms with Crippen molar-refractivity contribution in [2.24, 2.45) is 0 Å². The molecule has 0 aliphatic carbocycles. The highest BCUT2D eigenvalue weighted by Gasteiger charge is 2.17. The Bertz CT molecular complexity index is 455. The van der Waals surface area contributed by atoms with Gasteiger partial charge in [0.2, 0.25) is 0 Å². The second-order valence-electron chi connectivity index (χ2n) is 2.86. The number of nitrogens with one attached hydrogen (secondary N) is 1. The van der Waals surface area contributed by atoms with Gasteiger partial charge in [0.1, 0.15) is 0 Å². The molecule has 2 rings (SSSR count). The average Bonchev–Trinajstić information content (AvgIpc) is 2.59. The number of hydrogen-bond donors (Lipinski definition) is 3. The molecule has 5 nitrogen and oxygen atoms in total. The minimum absolute atomic E-state index is 0.355. The highest BCUT2D eigenvalue weighted by molar-refractivity contribution is 6.61. The molecular weight excluding hydrogens is 183 g/mol. The van der Waals surface area contributed by atoms with Gasteiger partial charge in [-0.2, -0.15) is 4.98 Å². The summed E-state index contributed by atoms with van der Waals surface area (Å²) in [6.07, 6.45) is 0. The van der Waals surface area contributed by atoms with Gasteiger partial charge in [0.25, 0.3) is 6.01 Å².